The monoisotopic (exact) mass is 350 g/mol. The zero-order valence-corrected chi connectivity index (χ0v) is 15.5. The van der Waals surface area contributed by atoms with Crippen LogP contribution < -0.4 is 20.9 Å². The number of rotatable bonds is 6. The number of halogens is 1. The molecule has 3 N–H and O–H groups in total. The zero-order valence-electron chi connectivity index (χ0n) is 15.5. The van der Waals surface area contributed by atoms with Gasteiger partial charge in [-0.25, -0.2) is 4.39 Å². The van der Waals surface area contributed by atoms with E-state index in [2.05, 4.69) is 34.9 Å². The maximum Gasteiger partial charge on any atom is 0.165 e. The summed E-state index contributed by atoms with van der Waals surface area (Å²) in [7, 11) is 1.50. The maximum absolute atomic E-state index is 13.8. The molecule has 2 aliphatic heterocycles. The molecule has 1 aromatic rings. The standard InChI is InChI=1S/C19H31FN4O/c1-13(17-11-21-23-14(17)2)22-16-6-8-24(9-7-16)12-15-4-5-19(25-3)18(20)10-15/h4-5,10,13-14,16-17,21-23H,6-9,11-12H2,1-3H3. The van der Waals surface area contributed by atoms with Gasteiger partial charge in [0, 0.05) is 37.1 Å². The second-order valence-electron chi connectivity index (χ2n) is 7.45. The molecule has 1 aromatic carbocycles. The number of likely N-dealkylation sites (tertiary alicyclic amines) is 1. The number of nitrogens with one attached hydrogen (secondary N) is 3. The molecule has 5 nitrogen and oxygen atoms in total. The quantitative estimate of drug-likeness (QED) is 0.731. The Hall–Kier alpha value is -1.21. The predicted octanol–water partition coefficient (Wildman–Crippen LogP) is 1.89. The van der Waals surface area contributed by atoms with Crippen molar-refractivity contribution in [3.05, 3.63) is 29.6 Å². The van der Waals surface area contributed by atoms with Gasteiger partial charge in [-0.05, 0) is 57.5 Å². The molecule has 0 spiro atoms. The van der Waals surface area contributed by atoms with Crippen molar-refractivity contribution in [2.45, 2.75) is 51.4 Å². The fourth-order valence-corrected chi connectivity index (χ4v) is 4.05. The highest BCUT2D eigenvalue weighted by Crippen LogP contribution is 2.21. The Kier molecular flexibility index (Phi) is 6.28. The maximum atomic E-state index is 13.8. The van der Waals surface area contributed by atoms with E-state index in [1.165, 1.54) is 7.11 Å². The van der Waals surface area contributed by atoms with Crippen LogP contribution in [-0.2, 0) is 6.54 Å². The van der Waals surface area contributed by atoms with Gasteiger partial charge in [0.15, 0.2) is 11.6 Å². The molecule has 140 valence electrons. The molecule has 2 fully saturated rings. The lowest BCUT2D eigenvalue weighted by atomic mass is 9.93. The van der Waals surface area contributed by atoms with Gasteiger partial charge in [0.05, 0.1) is 7.11 Å². The van der Waals surface area contributed by atoms with E-state index in [9.17, 15) is 4.39 Å². The highest BCUT2D eigenvalue weighted by molar-refractivity contribution is 5.29. The van der Waals surface area contributed by atoms with Crippen molar-refractivity contribution >= 4 is 0 Å². The van der Waals surface area contributed by atoms with Crippen molar-refractivity contribution in [2.75, 3.05) is 26.7 Å². The first-order valence-corrected chi connectivity index (χ1v) is 9.36. The summed E-state index contributed by atoms with van der Waals surface area (Å²) in [5.41, 5.74) is 7.56. The highest BCUT2D eigenvalue weighted by Gasteiger charge is 2.30. The number of hydrogen-bond acceptors (Lipinski definition) is 5. The lowest BCUT2D eigenvalue weighted by Crippen LogP contribution is -2.49. The van der Waals surface area contributed by atoms with Crippen LogP contribution in [0.3, 0.4) is 0 Å². The zero-order chi connectivity index (χ0) is 17.8. The first-order valence-electron chi connectivity index (χ1n) is 9.36. The Morgan fingerprint density at radius 1 is 1.36 bits per heavy atom. The van der Waals surface area contributed by atoms with Crippen LogP contribution in [0.4, 0.5) is 4.39 Å². The van der Waals surface area contributed by atoms with E-state index in [1.54, 1.807) is 12.1 Å². The summed E-state index contributed by atoms with van der Waals surface area (Å²) in [6.45, 7) is 8.46. The minimum atomic E-state index is -0.279. The second kappa shape index (κ2) is 8.45. The van der Waals surface area contributed by atoms with Crippen molar-refractivity contribution in [3.63, 3.8) is 0 Å². The molecule has 2 heterocycles. The Labute approximate surface area is 150 Å². The number of piperidine rings is 1. The molecule has 0 aromatic heterocycles. The van der Waals surface area contributed by atoms with Gasteiger partial charge >= 0.3 is 0 Å². The molecule has 3 unspecified atom stereocenters. The molecule has 0 amide bonds. The summed E-state index contributed by atoms with van der Waals surface area (Å²) in [6.07, 6.45) is 2.29. The van der Waals surface area contributed by atoms with Crippen LogP contribution in [-0.4, -0.2) is 49.8 Å². The third kappa shape index (κ3) is 4.70. The number of ether oxygens (including phenoxy) is 1. The lowest BCUT2D eigenvalue weighted by Gasteiger charge is -2.35. The smallest absolute Gasteiger partial charge is 0.165 e. The van der Waals surface area contributed by atoms with Gasteiger partial charge in [-0.2, -0.15) is 0 Å². The van der Waals surface area contributed by atoms with Crippen LogP contribution in [0.25, 0.3) is 0 Å². The SMILES string of the molecule is COc1ccc(CN2CCC(NC(C)C3CNNC3C)CC2)cc1F. The fourth-order valence-electron chi connectivity index (χ4n) is 4.05. The lowest BCUT2D eigenvalue weighted by molar-refractivity contribution is 0.177. The molecule has 0 radical (unpaired) electrons. The van der Waals surface area contributed by atoms with Gasteiger partial charge in [0.2, 0.25) is 0 Å². The van der Waals surface area contributed by atoms with E-state index in [-0.39, 0.29) is 5.82 Å². The average Bonchev–Trinajstić information content (AvgIpc) is 3.03. The van der Waals surface area contributed by atoms with Crippen LogP contribution in [0.2, 0.25) is 0 Å². The Bertz CT molecular complexity index is 562. The Morgan fingerprint density at radius 3 is 2.72 bits per heavy atom. The molecule has 3 rings (SSSR count). The van der Waals surface area contributed by atoms with Gasteiger partial charge in [-0.3, -0.25) is 15.8 Å². The minimum absolute atomic E-state index is 0.279. The summed E-state index contributed by atoms with van der Waals surface area (Å²) in [6, 6.07) is 6.84. The largest absolute Gasteiger partial charge is 0.494 e. The molecular formula is C19H31FN4O. The molecule has 3 atom stereocenters. The van der Waals surface area contributed by atoms with Crippen molar-refractivity contribution in [1.82, 2.24) is 21.1 Å². The first kappa shape index (κ1) is 18.6. The number of methoxy groups -OCH3 is 1. The summed E-state index contributed by atoms with van der Waals surface area (Å²) in [5.74, 6) is 0.657. The van der Waals surface area contributed by atoms with E-state index in [1.807, 2.05) is 6.07 Å². The predicted molar refractivity (Wildman–Crippen MR) is 97.9 cm³/mol. The van der Waals surface area contributed by atoms with E-state index in [4.69, 9.17) is 4.74 Å². The average molecular weight is 350 g/mol. The van der Waals surface area contributed by atoms with Crippen LogP contribution >= 0.6 is 0 Å². The third-order valence-corrected chi connectivity index (χ3v) is 5.66. The number of nitrogens with zero attached hydrogens (tertiary/aromatic N) is 1. The molecular weight excluding hydrogens is 319 g/mol. The van der Waals surface area contributed by atoms with Crippen LogP contribution in [0.1, 0.15) is 32.3 Å². The van der Waals surface area contributed by atoms with E-state index >= 15 is 0 Å². The molecule has 6 heteroatoms. The van der Waals surface area contributed by atoms with E-state index < -0.39 is 0 Å². The molecule has 0 saturated carbocycles. The number of hydrazine groups is 1. The normalized spacial score (nSPS) is 26.7. The third-order valence-electron chi connectivity index (χ3n) is 5.66. The van der Waals surface area contributed by atoms with Crippen LogP contribution in [0.5, 0.6) is 5.75 Å². The van der Waals surface area contributed by atoms with E-state index in [0.29, 0.717) is 29.8 Å². The second-order valence-corrected chi connectivity index (χ2v) is 7.45. The minimum Gasteiger partial charge on any atom is -0.494 e. The van der Waals surface area contributed by atoms with Crippen molar-refractivity contribution in [3.8, 4) is 5.75 Å². The number of hydrogen-bond donors (Lipinski definition) is 3. The highest BCUT2D eigenvalue weighted by atomic mass is 19.1. The topological polar surface area (TPSA) is 48.6 Å². The molecule has 25 heavy (non-hydrogen) atoms. The molecule has 0 aliphatic carbocycles. The van der Waals surface area contributed by atoms with Gasteiger partial charge in [0.1, 0.15) is 0 Å². The van der Waals surface area contributed by atoms with Gasteiger partial charge < -0.3 is 10.1 Å². The first-order chi connectivity index (χ1) is 12.1. The van der Waals surface area contributed by atoms with Gasteiger partial charge in [-0.15, -0.1) is 0 Å². The molecule has 2 saturated heterocycles. The Balaban J connectivity index is 1.44. The van der Waals surface area contributed by atoms with Crippen molar-refractivity contribution in [1.29, 1.82) is 0 Å². The summed E-state index contributed by atoms with van der Waals surface area (Å²) < 4.78 is 18.8. The summed E-state index contributed by atoms with van der Waals surface area (Å²) in [4.78, 5) is 2.41. The fraction of sp³-hybridized carbons (Fsp3) is 0.684. The van der Waals surface area contributed by atoms with Gasteiger partial charge in [0.25, 0.3) is 0 Å². The van der Waals surface area contributed by atoms with Crippen LogP contribution in [0.15, 0.2) is 18.2 Å². The number of benzene rings is 1. The van der Waals surface area contributed by atoms with Crippen LogP contribution in [0, 0.1) is 11.7 Å². The van der Waals surface area contributed by atoms with E-state index in [0.717, 1.165) is 44.6 Å². The summed E-state index contributed by atoms with van der Waals surface area (Å²) >= 11 is 0. The molecule has 2 aliphatic rings. The molecule has 0 bridgehead atoms. The van der Waals surface area contributed by atoms with Gasteiger partial charge in [-0.1, -0.05) is 6.07 Å². The summed E-state index contributed by atoms with van der Waals surface area (Å²) in [5, 5.41) is 3.82. The van der Waals surface area contributed by atoms with Crippen molar-refractivity contribution < 1.29 is 9.13 Å². The Morgan fingerprint density at radius 2 is 2.12 bits per heavy atom. The van der Waals surface area contributed by atoms with Crippen molar-refractivity contribution in [2.24, 2.45) is 5.92 Å².